The van der Waals surface area contributed by atoms with Gasteiger partial charge in [-0.2, -0.15) is 9.97 Å². The van der Waals surface area contributed by atoms with Gasteiger partial charge in [0.1, 0.15) is 17.9 Å². The van der Waals surface area contributed by atoms with Crippen molar-refractivity contribution in [1.29, 1.82) is 5.41 Å². The lowest BCUT2D eigenvalue weighted by Gasteiger charge is -2.48. The van der Waals surface area contributed by atoms with Crippen LogP contribution in [-0.4, -0.2) is 73.5 Å². The predicted octanol–water partition coefficient (Wildman–Crippen LogP) is 4.64. The van der Waals surface area contributed by atoms with E-state index in [-0.39, 0.29) is 28.2 Å². The summed E-state index contributed by atoms with van der Waals surface area (Å²) >= 11 is 6.81. The van der Waals surface area contributed by atoms with Crippen molar-refractivity contribution in [3.63, 3.8) is 0 Å². The fourth-order valence-electron chi connectivity index (χ4n) is 6.31. The molecule has 1 spiro atoms. The minimum atomic E-state index is -0.558. The number of halogens is 2. The zero-order valence-corrected chi connectivity index (χ0v) is 23.2. The van der Waals surface area contributed by atoms with E-state index in [0.717, 1.165) is 70.2 Å². The van der Waals surface area contributed by atoms with Crippen LogP contribution in [0.4, 0.5) is 15.9 Å². The highest BCUT2D eigenvalue weighted by molar-refractivity contribution is 6.34. The number of benzene rings is 2. The first kappa shape index (κ1) is 26.2. The number of nitrogens with two attached hydrogens (primary N) is 1. The number of aryl methyl sites for hydroxylation is 1. The Morgan fingerprint density at radius 2 is 2.00 bits per heavy atom. The largest absolute Gasteiger partial charge is 0.462 e. The van der Waals surface area contributed by atoms with E-state index in [1.807, 2.05) is 13.0 Å². The van der Waals surface area contributed by atoms with Crippen molar-refractivity contribution in [2.45, 2.75) is 38.6 Å². The second-order valence-corrected chi connectivity index (χ2v) is 11.8. The standard InChI is InChI=1S/C29H35ClFN7O/c1-17-5-6-22(33)20(13-32)23(17)24-21(30)12-19-26(25(24)31)35-28(39-14-18-4-3-9-37(18)2)36-27(19)38-10-7-29(8-11-38)15-34-16-29/h5-6,12-13,18,32,34H,3-4,7-11,14-16,33H2,1-2H3/t18-/m0/s1. The summed E-state index contributed by atoms with van der Waals surface area (Å²) < 4.78 is 22.7. The summed E-state index contributed by atoms with van der Waals surface area (Å²) in [5.41, 5.74) is 8.98. The molecule has 1 atom stereocenters. The lowest BCUT2D eigenvalue weighted by molar-refractivity contribution is 0.126. The molecule has 39 heavy (non-hydrogen) atoms. The van der Waals surface area contributed by atoms with Crippen molar-refractivity contribution < 1.29 is 9.13 Å². The summed E-state index contributed by atoms with van der Waals surface area (Å²) in [6.07, 6.45) is 5.43. The Morgan fingerprint density at radius 3 is 2.64 bits per heavy atom. The summed E-state index contributed by atoms with van der Waals surface area (Å²) in [6.45, 7) is 7.09. The molecule has 4 heterocycles. The predicted molar refractivity (Wildman–Crippen MR) is 155 cm³/mol. The van der Waals surface area contributed by atoms with Gasteiger partial charge in [0.15, 0.2) is 5.82 Å². The van der Waals surface area contributed by atoms with Crippen LogP contribution < -0.4 is 20.7 Å². The second kappa shape index (κ2) is 10.2. The SMILES string of the molecule is Cc1ccc(N)c(C=N)c1-c1c(Cl)cc2c(N3CCC4(CC3)CNC4)nc(OC[C@@H]3CCCN3C)nc2c1F. The third kappa shape index (κ3) is 4.60. The third-order valence-corrected chi connectivity index (χ3v) is 9.22. The molecular formula is C29H35ClFN7O. The summed E-state index contributed by atoms with van der Waals surface area (Å²) in [6, 6.07) is 5.75. The molecule has 0 saturated carbocycles. The average Bonchev–Trinajstić information content (AvgIpc) is 3.33. The molecule has 1 aromatic heterocycles. The number of anilines is 2. The molecule has 10 heteroatoms. The van der Waals surface area contributed by atoms with Crippen molar-refractivity contribution >= 4 is 40.2 Å². The number of nitrogens with zero attached hydrogens (tertiary/aromatic N) is 4. The zero-order valence-electron chi connectivity index (χ0n) is 22.5. The van der Waals surface area contributed by atoms with Gasteiger partial charge in [-0.15, -0.1) is 0 Å². The summed E-state index contributed by atoms with van der Waals surface area (Å²) in [7, 11) is 2.09. The molecule has 0 bridgehead atoms. The minimum Gasteiger partial charge on any atom is -0.462 e. The number of likely N-dealkylation sites (tertiary alicyclic amines) is 1. The normalized spacial score (nSPS) is 20.9. The monoisotopic (exact) mass is 551 g/mol. The molecule has 0 radical (unpaired) electrons. The quantitative estimate of drug-likeness (QED) is 0.303. The van der Waals surface area contributed by atoms with Crippen molar-refractivity contribution in [1.82, 2.24) is 20.2 Å². The van der Waals surface area contributed by atoms with Gasteiger partial charge in [0, 0.05) is 60.6 Å². The number of piperidine rings is 1. The maximum absolute atomic E-state index is 16.6. The maximum Gasteiger partial charge on any atom is 0.319 e. The van der Waals surface area contributed by atoms with Gasteiger partial charge in [0.05, 0.1) is 5.02 Å². The highest BCUT2D eigenvalue weighted by Gasteiger charge is 2.40. The lowest BCUT2D eigenvalue weighted by Crippen LogP contribution is -2.58. The fourth-order valence-corrected chi connectivity index (χ4v) is 6.60. The van der Waals surface area contributed by atoms with E-state index in [4.69, 9.17) is 32.5 Å². The Bertz CT molecular complexity index is 1430. The van der Waals surface area contributed by atoms with E-state index in [9.17, 15) is 0 Å². The lowest BCUT2D eigenvalue weighted by atomic mass is 9.73. The second-order valence-electron chi connectivity index (χ2n) is 11.4. The van der Waals surface area contributed by atoms with E-state index < -0.39 is 5.82 Å². The van der Waals surface area contributed by atoms with Crippen molar-refractivity contribution in [3.05, 3.63) is 40.2 Å². The van der Waals surface area contributed by atoms with Gasteiger partial charge < -0.3 is 31.0 Å². The zero-order chi connectivity index (χ0) is 27.3. The Labute approximate surface area is 233 Å². The summed E-state index contributed by atoms with van der Waals surface area (Å²) in [5.74, 6) is 0.0956. The fraction of sp³-hybridized carbons (Fsp3) is 0.483. The van der Waals surface area contributed by atoms with Crippen molar-refractivity contribution in [2.24, 2.45) is 5.41 Å². The number of rotatable bonds is 6. The van der Waals surface area contributed by atoms with E-state index in [1.165, 1.54) is 0 Å². The molecule has 206 valence electrons. The van der Waals surface area contributed by atoms with Crippen LogP contribution in [0.3, 0.4) is 0 Å². The molecule has 2 aromatic carbocycles. The van der Waals surface area contributed by atoms with Crippen LogP contribution in [0.1, 0.15) is 36.8 Å². The third-order valence-electron chi connectivity index (χ3n) is 8.92. The Morgan fingerprint density at radius 1 is 1.23 bits per heavy atom. The molecular weight excluding hydrogens is 517 g/mol. The number of fused-ring (bicyclic) bond motifs is 1. The topological polar surface area (TPSA) is 103 Å². The Kier molecular flexibility index (Phi) is 6.85. The maximum atomic E-state index is 16.6. The van der Waals surface area contributed by atoms with Gasteiger partial charge >= 0.3 is 6.01 Å². The summed E-state index contributed by atoms with van der Waals surface area (Å²) in [5, 5.41) is 12.2. The van der Waals surface area contributed by atoms with Gasteiger partial charge in [-0.25, -0.2) is 4.39 Å². The molecule has 0 aliphatic carbocycles. The highest BCUT2D eigenvalue weighted by Crippen LogP contribution is 2.43. The van der Waals surface area contributed by atoms with Crippen LogP contribution in [0.5, 0.6) is 6.01 Å². The van der Waals surface area contributed by atoms with Gasteiger partial charge in [0.2, 0.25) is 0 Å². The number of likely N-dealkylation sites (N-methyl/N-ethyl adjacent to an activating group) is 1. The molecule has 0 amide bonds. The first-order valence-electron chi connectivity index (χ1n) is 13.7. The van der Waals surface area contributed by atoms with Crippen LogP contribution >= 0.6 is 11.6 Å². The van der Waals surface area contributed by atoms with Crippen molar-refractivity contribution in [2.75, 3.05) is 57.0 Å². The van der Waals surface area contributed by atoms with E-state index in [2.05, 4.69) is 27.1 Å². The average molecular weight is 552 g/mol. The van der Waals surface area contributed by atoms with Crippen LogP contribution in [-0.2, 0) is 0 Å². The van der Waals surface area contributed by atoms with Crippen LogP contribution in [0.15, 0.2) is 18.2 Å². The molecule has 3 saturated heterocycles. The van der Waals surface area contributed by atoms with Crippen molar-refractivity contribution in [3.8, 4) is 17.1 Å². The van der Waals surface area contributed by atoms with Crippen LogP contribution in [0.25, 0.3) is 22.0 Å². The number of hydrogen-bond acceptors (Lipinski definition) is 8. The number of ether oxygens (including phenoxy) is 1. The highest BCUT2D eigenvalue weighted by atomic mass is 35.5. The minimum absolute atomic E-state index is 0.164. The molecule has 3 aromatic rings. The van der Waals surface area contributed by atoms with Gasteiger partial charge in [-0.1, -0.05) is 17.7 Å². The first-order chi connectivity index (χ1) is 18.8. The van der Waals surface area contributed by atoms with Gasteiger partial charge in [0.25, 0.3) is 0 Å². The molecule has 8 nitrogen and oxygen atoms in total. The molecule has 4 N–H and O–H groups in total. The van der Waals surface area contributed by atoms with E-state index in [0.29, 0.717) is 40.0 Å². The molecule has 3 aliphatic heterocycles. The van der Waals surface area contributed by atoms with Gasteiger partial charge in [-0.05, 0) is 74.9 Å². The summed E-state index contributed by atoms with van der Waals surface area (Å²) in [4.78, 5) is 13.9. The van der Waals surface area contributed by atoms with Crippen LogP contribution in [0.2, 0.25) is 5.02 Å². The number of nitrogens with one attached hydrogen (secondary N) is 2. The number of aromatic nitrogens is 2. The first-order valence-corrected chi connectivity index (χ1v) is 14.1. The van der Waals surface area contributed by atoms with Gasteiger partial charge in [-0.3, -0.25) is 0 Å². The molecule has 0 unspecified atom stereocenters. The molecule has 3 aliphatic rings. The Balaban J connectivity index is 1.47. The van der Waals surface area contributed by atoms with E-state index >= 15 is 4.39 Å². The Hall–Kier alpha value is -3.01. The van der Waals surface area contributed by atoms with Crippen LogP contribution in [0, 0.1) is 23.6 Å². The number of hydrogen-bond donors (Lipinski definition) is 3. The molecule has 6 rings (SSSR count). The smallest absolute Gasteiger partial charge is 0.319 e. The van der Waals surface area contributed by atoms with E-state index in [1.54, 1.807) is 12.1 Å². The molecule has 3 fully saturated rings. The number of nitrogen functional groups attached to an aromatic ring is 1.